The van der Waals surface area contributed by atoms with E-state index in [9.17, 15) is 5.11 Å². The van der Waals surface area contributed by atoms with Gasteiger partial charge in [0.2, 0.25) is 0 Å². The van der Waals surface area contributed by atoms with Crippen LogP contribution in [-0.2, 0) is 11.8 Å². The van der Waals surface area contributed by atoms with Gasteiger partial charge >= 0.3 is 0 Å². The van der Waals surface area contributed by atoms with Crippen molar-refractivity contribution in [2.24, 2.45) is 10.9 Å². The van der Waals surface area contributed by atoms with Crippen molar-refractivity contribution in [3.8, 4) is 0 Å². The molecule has 1 aliphatic rings. The second kappa shape index (κ2) is 17.4. The molecule has 2 N–H and O–H groups in total. The molecule has 2 heterocycles. The highest BCUT2D eigenvalue weighted by Crippen LogP contribution is 2.42. The van der Waals surface area contributed by atoms with E-state index in [1.54, 1.807) is 9.12 Å². The molecule has 1 aliphatic heterocycles. The van der Waals surface area contributed by atoms with Crippen molar-refractivity contribution >= 4 is 63.7 Å². The van der Waals surface area contributed by atoms with E-state index < -0.39 is 0 Å². The molecule has 8 heteroatoms. The zero-order valence-corrected chi connectivity index (χ0v) is 31.6. The molecule has 0 amide bonds. The average Bonchev–Trinajstić information content (AvgIpc) is 3.40. The zero-order valence-electron chi connectivity index (χ0n) is 27.0. The van der Waals surface area contributed by atoms with Crippen molar-refractivity contribution in [2.75, 3.05) is 7.05 Å². The molecule has 1 aromatic carbocycles. The van der Waals surface area contributed by atoms with E-state index >= 15 is 0 Å². The lowest BCUT2D eigenvalue weighted by atomic mass is 9.86. The van der Waals surface area contributed by atoms with Crippen molar-refractivity contribution in [1.82, 2.24) is 14.6 Å². The molecule has 0 bridgehead atoms. The molecule has 0 fully saturated rings. The summed E-state index contributed by atoms with van der Waals surface area (Å²) in [5.41, 5.74) is 10.6. The highest BCUT2D eigenvalue weighted by molar-refractivity contribution is 14.2. The van der Waals surface area contributed by atoms with Crippen LogP contribution < -0.4 is 5.32 Å². The summed E-state index contributed by atoms with van der Waals surface area (Å²) in [4.78, 5) is 9.67. The number of aromatic nitrogens is 1. The summed E-state index contributed by atoms with van der Waals surface area (Å²) < 4.78 is 2.17. The molecule has 5 nitrogen and oxygen atoms in total. The lowest BCUT2D eigenvalue weighted by Gasteiger charge is -2.21. The van der Waals surface area contributed by atoms with Gasteiger partial charge in [-0.1, -0.05) is 74.0 Å². The van der Waals surface area contributed by atoms with Crippen LogP contribution in [0.1, 0.15) is 94.5 Å². The number of aliphatic hydroxyl groups excluding tert-OH is 1. The Labute approximate surface area is 289 Å². The molecule has 0 spiro atoms. The number of hydrogen-bond donors (Lipinski definition) is 2. The summed E-state index contributed by atoms with van der Waals surface area (Å²) in [6.07, 6.45) is 13.5. The predicted octanol–water partition coefficient (Wildman–Crippen LogP) is 11.1. The smallest absolute Gasteiger partial charge is 0.153 e. The Hall–Kier alpha value is -2.30. The number of pyridine rings is 1. The van der Waals surface area contributed by atoms with Gasteiger partial charge in [-0.05, 0) is 103 Å². The Balaban J connectivity index is 2.13. The fourth-order valence-corrected chi connectivity index (χ4v) is 6.87. The van der Waals surface area contributed by atoms with Crippen molar-refractivity contribution in [3.05, 3.63) is 112 Å². The number of nitrogens with zero attached hydrogens (tertiary/aromatic N) is 3. The number of benzene rings is 1. The third-order valence-corrected chi connectivity index (χ3v) is 10.5. The summed E-state index contributed by atoms with van der Waals surface area (Å²) in [7, 11) is 3.57. The van der Waals surface area contributed by atoms with E-state index in [0.717, 1.165) is 59.4 Å². The molecule has 3 rings (SSSR count). The summed E-state index contributed by atoms with van der Waals surface area (Å²) in [6, 6.07) is 8.82. The second-order valence-electron chi connectivity index (χ2n) is 11.6. The number of allylic oxidation sites excluding steroid dienone is 3. The second-order valence-corrected chi connectivity index (χ2v) is 13.8. The van der Waals surface area contributed by atoms with E-state index in [1.807, 2.05) is 25.5 Å². The highest BCUT2D eigenvalue weighted by Gasteiger charge is 2.31. The van der Waals surface area contributed by atoms with E-state index in [4.69, 9.17) is 4.99 Å². The maximum absolute atomic E-state index is 10.4. The number of rotatable bonds is 14. The lowest BCUT2D eigenvalue weighted by molar-refractivity contribution is 0.438. The van der Waals surface area contributed by atoms with Crippen molar-refractivity contribution in [1.29, 1.82) is 0 Å². The summed E-state index contributed by atoms with van der Waals surface area (Å²) >= 11 is 5.89. The molecule has 44 heavy (non-hydrogen) atoms. The van der Waals surface area contributed by atoms with Crippen molar-refractivity contribution < 1.29 is 5.11 Å². The van der Waals surface area contributed by atoms with Crippen LogP contribution in [0, 0.1) is 5.92 Å². The van der Waals surface area contributed by atoms with Gasteiger partial charge in [-0.3, -0.25) is 9.29 Å². The van der Waals surface area contributed by atoms with Gasteiger partial charge in [0.1, 0.15) is 11.6 Å². The maximum Gasteiger partial charge on any atom is 0.153 e. The first-order chi connectivity index (χ1) is 21.1. The third-order valence-electron chi connectivity index (χ3n) is 8.19. The number of amidine groups is 1. The van der Waals surface area contributed by atoms with E-state index in [0.29, 0.717) is 11.8 Å². The van der Waals surface area contributed by atoms with E-state index in [2.05, 4.69) is 130 Å². The normalized spacial score (nSPS) is 17.1. The van der Waals surface area contributed by atoms with Crippen LogP contribution in [0.25, 0.3) is 11.6 Å². The van der Waals surface area contributed by atoms with Crippen LogP contribution >= 0.6 is 46.3 Å². The molecule has 1 unspecified atom stereocenters. The quantitative estimate of drug-likeness (QED) is 0.0656. The first-order valence-corrected chi connectivity index (χ1v) is 19.7. The number of aliphatic hydroxyl groups is 1. The lowest BCUT2D eigenvalue weighted by Crippen LogP contribution is -2.19. The largest absolute Gasteiger partial charge is 0.508 e. The topological polar surface area (TPSA) is 60.8 Å². The van der Waals surface area contributed by atoms with Gasteiger partial charge < -0.3 is 10.4 Å². The Morgan fingerprint density at radius 2 is 1.93 bits per heavy atom. The van der Waals surface area contributed by atoms with Crippen LogP contribution in [0.4, 0.5) is 0 Å². The number of aliphatic imine (C=N–C) groups is 1. The number of nitrogens with one attached hydrogen (secondary N) is 1. The number of hydrogen-bond acceptors (Lipinski definition) is 5. The van der Waals surface area contributed by atoms with Crippen LogP contribution in [-0.4, -0.2) is 27.3 Å². The predicted molar refractivity (Wildman–Crippen MR) is 204 cm³/mol. The Kier molecular flexibility index (Phi) is 14.3. The van der Waals surface area contributed by atoms with Crippen LogP contribution in [0.5, 0.6) is 0 Å². The molecule has 0 aliphatic carbocycles. The van der Waals surface area contributed by atoms with Gasteiger partial charge in [0.15, 0.2) is 5.84 Å². The van der Waals surface area contributed by atoms with Crippen LogP contribution in [0.2, 0.25) is 0 Å². The first-order valence-electron chi connectivity index (χ1n) is 15.2. The van der Waals surface area contributed by atoms with Gasteiger partial charge in [-0.15, -0.1) is 0 Å². The summed E-state index contributed by atoms with van der Waals surface area (Å²) in [6.45, 7) is 17.0. The molecule has 1 aromatic heterocycles. The maximum atomic E-state index is 10.4. The average molecular weight is 790 g/mol. The fraction of sp³-hybridized carbons (Fsp3) is 0.389. The van der Waals surface area contributed by atoms with Gasteiger partial charge in [-0.2, -0.15) is 0 Å². The minimum atomic E-state index is 0.160. The SMILES string of the molecule is C=C/C(O)=C\c1cc(C2=CN(SI)C(=N/C(NC)=C(\C)CC)/C2=C(\C)C(C)CCCc2cncc(CBr)c2)ccc1C(C)C. The zero-order chi connectivity index (χ0) is 32.4. The van der Waals surface area contributed by atoms with E-state index in [1.165, 1.54) is 39.5 Å². The summed E-state index contributed by atoms with van der Waals surface area (Å²) in [5, 5.41) is 14.5. The molecule has 0 radical (unpaired) electrons. The first kappa shape index (κ1) is 36.2. The minimum absolute atomic E-state index is 0.160. The molecular weight excluding hydrogens is 743 g/mol. The molecule has 2 aromatic rings. The van der Waals surface area contributed by atoms with Gasteiger partial charge in [0.05, 0.1) is 0 Å². The molecule has 0 saturated carbocycles. The molecule has 0 saturated heterocycles. The van der Waals surface area contributed by atoms with Crippen LogP contribution in [0.3, 0.4) is 0 Å². The van der Waals surface area contributed by atoms with E-state index in [-0.39, 0.29) is 5.76 Å². The Morgan fingerprint density at radius 1 is 1.20 bits per heavy atom. The van der Waals surface area contributed by atoms with Crippen molar-refractivity contribution in [2.45, 2.75) is 78.5 Å². The Morgan fingerprint density at radius 3 is 2.55 bits per heavy atom. The summed E-state index contributed by atoms with van der Waals surface area (Å²) in [5.74, 6) is 2.66. The number of alkyl halides is 1. The minimum Gasteiger partial charge on any atom is -0.508 e. The number of halogens is 2. The van der Waals surface area contributed by atoms with Gasteiger partial charge in [0.25, 0.3) is 0 Å². The standard InChI is InChI=1S/C36H46BrIN4OS/c1-9-24(5)35(39-8)41-36-34(26(7)25(6)12-11-13-27-16-28(19-37)21-40-20-27)33(22-42(36)44-38)29-14-15-32(23(3)4)30(17-29)18-31(43)10-2/h10,14-18,20-23,25,39,43H,2,9,11-13,19H2,1,3-8H3/b31-18+,34-26+,35-24+,41-36+. The molecule has 236 valence electrons. The van der Waals surface area contributed by atoms with Crippen LogP contribution in [0.15, 0.2) is 88.8 Å². The van der Waals surface area contributed by atoms with Gasteiger partial charge in [-0.25, -0.2) is 4.99 Å². The monoisotopic (exact) mass is 788 g/mol. The third kappa shape index (κ3) is 9.13. The molecule has 1 atom stereocenters. The fourth-order valence-electron chi connectivity index (χ4n) is 5.31. The Bertz CT molecular complexity index is 1490. The molecular formula is C36H46BrIN4OS. The highest BCUT2D eigenvalue weighted by atomic mass is 127. The van der Waals surface area contributed by atoms with Gasteiger partial charge in [0, 0.05) is 72.4 Å². The number of aryl methyl sites for hydroxylation is 1. The van der Waals surface area contributed by atoms with Crippen molar-refractivity contribution in [3.63, 3.8) is 0 Å².